The molecule has 1 heterocycles. The van der Waals surface area contributed by atoms with Crippen molar-refractivity contribution in [3.63, 3.8) is 0 Å². The van der Waals surface area contributed by atoms with Gasteiger partial charge in [0.25, 0.3) is 0 Å². The fourth-order valence-corrected chi connectivity index (χ4v) is 2.87. The van der Waals surface area contributed by atoms with Crippen LogP contribution >= 0.6 is 11.3 Å². The molecule has 1 atom stereocenters. The molecule has 2 N–H and O–H groups in total. The van der Waals surface area contributed by atoms with E-state index < -0.39 is 0 Å². The van der Waals surface area contributed by atoms with Gasteiger partial charge >= 0.3 is 0 Å². The van der Waals surface area contributed by atoms with Crippen LogP contribution in [0.15, 0.2) is 35.7 Å². The number of thiophene rings is 1. The monoisotopic (exact) mass is 277 g/mol. The molecule has 0 radical (unpaired) electrons. The largest absolute Gasteiger partial charge is 0.493 e. The second-order valence-electron chi connectivity index (χ2n) is 4.44. The van der Waals surface area contributed by atoms with E-state index in [0.717, 1.165) is 24.3 Å². The first-order valence-electron chi connectivity index (χ1n) is 6.21. The highest BCUT2D eigenvalue weighted by Gasteiger charge is 2.09. The molecule has 0 bridgehead atoms. The van der Waals surface area contributed by atoms with E-state index in [4.69, 9.17) is 15.2 Å². The van der Waals surface area contributed by atoms with E-state index in [2.05, 4.69) is 17.5 Å². The van der Waals surface area contributed by atoms with Crippen molar-refractivity contribution in [2.45, 2.75) is 18.9 Å². The Kier molecular flexibility index (Phi) is 4.82. The zero-order chi connectivity index (χ0) is 13.7. The van der Waals surface area contributed by atoms with E-state index in [-0.39, 0.29) is 6.04 Å². The highest BCUT2D eigenvalue weighted by molar-refractivity contribution is 7.09. The Morgan fingerprint density at radius 1 is 1.11 bits per heavy atom. The molecule has 1 aromatic carbocycles. The summed E-state index contributed by atoms with van der Waals surface area (Å²) in [6.45, 7) is 0. The third-order valence-electron chi connectivity index (χ3n) is 2.99. The van der Waals surface area contributed by atoms with Crippen molar-refractivity contribution in [3.8, 4) is 11.5 Å². The standard InChI is InChI=1S/C15H19NO2S/c1-17-14-6-5-11(9-15(14)18-2)8-12(16)10-13-4-3-7-19-13/h3-7,9,12H,8,10,16H2,1-2H3. The van der Waals surface area contributed by atoms with Gasteiger partial charge in [0.2, 0.25) is 0 Å². The van der Waals surface area contributed by atoms with Crippen LogP contribution in [0.25, 0.3) is 0 Å². The molecule has 3 nitrogen and oxygen atoms in total. The summed E-state index contributed by atoms with van der Waals surface area (Å²) in [6.07, 6.45) is 1.74. The van der Waals surface area contributed by atoms with Gasteiger partial charge in [-0.25, -0.2) is 0 Å². The number of rotatable bonds is 6. The summed E-state index contributed by atoms with van der Waals surface area (Å²) < 4.78 is 10.5. The molecule has 0 saturated carbocycles. The molecule has 0 saturated heterocycles. The quantitative estimate of drug-likeness (QED) is 0.883. The van der Waals surface area contributed by atoms with E-state index in [1.807, 2.05) is 18.2 Å². The summed E-state index contributed by atoms with van der Waals surface area (Å²) in [6, 6.07) is 10.3. The predicted molar refractivity (Wildman–Crippen MR) is 79.2 cm³/mol. The molecule has 2 aromatic rings. The minimum absolute atomic E-state index is 0.122. The van der Waals surface area contributed by atoms with Crippen molar-refractivity contribution in [3.05, 3.63) is 46.2 Å². The third-order valence-corrected chi connectivity index (χ3v) is 3.89. The summed E-state index contributed by atoms with van der Waals surface area (Å²) in [5, 5.41) is 2.08. The van der Waals surface area contributed by atoms with Crippen LogP contribution in [0.1, 0.15) is 10.4 Å². The number of ether oxygens (including phenoxy) is 2. The topological polar surface area (TPSA) is 44.5 Å². The predicted octanol–water partition coefficient (Wildman–Crippen LogP) is 2.88. The lowest BCUT2D eigenvalue weighted by Crippen LogP contribution is -2.25. The van der Waals surface area contributed by atoms with Crippen LogP contribution in [-0.4, -0.2) is 20.3 Å². The summed E-state index contributed by atoms with van der Waals surface area (Å²) >= 11 is 1.75. The van der Waals surface area contributed by atoms with E-state index in [1.54, 1.807) is 25.6 Å². The molecule has 0 fully saturated rings. The van der Waals surface area contributed by atoms with E-state index >= 15 is 0 Å². The molecular formula is C15H19NO2S. The van der Waals surface area contributed by atoms with E-state index in [9.17, 15) is 0 Å². The van der Waals surface area contributed by atoms with Crippen molar-refractivity contribution in [1.82, 2.24) is 0 Å². The lowest BCUT2D eigenvalue weighted by molar-refractivity contribution is 0.354. The lowest BCUT2D eigenvalue weighted by Gasteiger charge is -2.13. The molecule has 19 heavy (non-hydrogen) atoms. The first kappa shape index (κ1) is 13.9. The van der Waals surface area contributed by atoms with Gasteiger partial charge in [0, 0.05) is 10.9 Å². The van der Waals surface area contributed by atoms with Gasteiger partial charge in [0.1, 0.15) is 0 Å². The molecule has 0 aliphatic rings. The van der Waals surface area contributed by atoms with Crippen molar-refractivity contribution >= 4 is 11.3 Å². The zero-order valence-electron chi connectivity index (χ0n) is 11.3. The normalized spacial score (nSPS) is 12.2. The molecule has 0 spiro atoms. The van der Waals surface area contributed by atoms with Crippen molar-refractivity contribution in [2.24, 2.45) is 5.73 Å². The zero-order valence-corrected chi connectivity index (χ0v) is 12.1. The number of hydrogen-bond acceptors (Lipinski definition) is 4. The Morgan fingerprint density at radius 3 is 2.53 bits per heavy atom. The van der Waals surface area contributed by atoms with Crippen LogP contribution in [0.2, 0.25) is 0 Å². The van der Waals surface area contributed by atoms with Crippen molar-refractivity contribution in [1.29, 1.82) is 0 Å². The fourth-order valence-electron chi connectivity index (χ4n) is 2.07. The SMILES string of the molecule is COc1ccc(CC(N)Cc2cccs2)cc1OC. The molecule has 0 amide bonds. The number of benzene rings is 1. The van der Waals surface area contributed by atoms with Gasteiger partial charge in [0.05, 0.1) is 14.2 Å². The Bertz CT molecular complexity index is 511. The molecule has 4 heteroatoms. The lowest BCUT2D eigenvalue weighted by atomic mass is 10.0. The third kappa shape index (κ3) is 3.72. The minimum atomic E-state index is 0.122. The van der Waals surface area contributed by atoms with Gasteiger partial charge in [0.15, 0.2) is 11.5 Å². The van der Waals surface area contributed by atoms with Crippen LogP contribution in [-0.2, 0) is 12.8 Å². The maximum absolute atomic E-state index is 6.19. The summed E-state index contributed by atoms with van der Waals surface area (Å²) in [7, 11) is 3.28. The van der Waals surface area contributed by atoms with E-state index in [0.29, 0.717) is 0 Å². The smallest absolute Gasteiger partial charge is 0.160 e. The molecule has 1 unspecified atom stereocenters. The maximum atomic E-state index is 6.19. The number of methoxy groups -OCH3 is 2. The van der Waals surface area contributed by atoms with Crippen LogP contribution < -0.4 is 15.2 Å². The maximum Gasteiger partial charge on any atom is 0.160 e. The highest BCUT2D eigenvalue weighted by atomic mass is 32.1. The molecule has 0 aliphatic carbocycles. The van der Waals surface area contributed by atoms with Gasteiger partial charge in [-0.3, -0.25) is 0 Å². The van der Waals surface area contributed by atoms with Crippen LogP contribution in [0, 0.1) is 0 Å². The molecule has 0 aliphatic heterocycles. The minimum Gasteiger partial charge on any atom is -0.493 e. The van der Waals surface area contributed by atoms with Gasteiger partial charge in [-0.05, 0) is 42.0 Å². The molecular weight excluding hydrogens is 258 g/mol. The average molecular weight is 277 g/mol. The summed E-state index contributed by atoms with van der Waals surface area (Å²) in [4.78, 5) is 1.33. The average Bonchev–Trinajstić information content (AvgIpc) is 2.91. The molecule has 2 rings (SSSR count). The van der Waals surface area contributed by atoms with Gasteiger partial charge < -0.3 is 15.2 Å². The van der Waals surface area contributed by atoms with Crippen LogP contribution in [0.4, 0.5) is 0 Å². The van der Waals surface area contributed by atoms with Crippen molar-refractivity contribution in [2.75, 3.05) is 14.2 Å². The molecule has 1 aromatic heterocycles. The second kappa shape index (κ2) is 6.59. The van der Waals surface area contributed by atoms with Gasteiger partial charge in [-0.1, -0.05) is 12.1 Å². The van der Waals surface area contributed by atoms with Crippen LogP contribution in [0.5, 0.6) is 11.5 Å². The Morgan fingerprint density at radius 2 is 1.89 bits per heavy atom. The number of hydrogen-bond donors (Lipinski definition) is 1. The second-order valence-corrected chi connectivity index (χ2v) is 5.47. The highest BCUT2D eigenvalue weighted by Crippen LogP contribution is 2.28. The molecule has 102 valence electrons. The first-order valence-corrected chi connectivity index (χ1v) is 7.09. The Balaban J connectivity index is 2.02. The Hall–Kier alpha value is -1.52. The van der Waals surface area contributed by atoms with Gasteiger partial charge in [-0.2, -0.15) is 0 Å². The summed E-state index contributed by atoms with van der Waals surface area (Å²) in [5.74, 6) is 1.50. The summed E-state index contributed by atoms with van der Waals surface area (Å²) in [5.41, 5.74) is 7.36. The Labute approximate surface area is 118 Å². The van der Waals surface area contributed by atoms with Gasteiger partial charge in [-0.15, -0.1) is 11.3 Å². The van der Waals surface area contributed by atoms with E-state index in [1.165, 1.54) is 10.4 Å². The van der Waals surface area contributed by atoms with Crippen LogP contribution in [0.3, 0.4) is 0 Å². The fraction of sp³-hybridized carbons (Fsp3) is 0.333. The number of nitrogens with two attached hydrogens (primary N) is 1. The first-order chi connectivity index (χ1) is 9.22. The van der Waals surface area contributed by atoms with Crippen molar-refractivity contribution < 1.29 is 9.47 Å².